The van der Waals surface area contributed by atoms with Crippen LogP contribution in [0.25, 0.3) is 10.9 Å². The van der Waals surface area contributed by atoms with E-state index >= 15 is 0 Å². The Morgan fingerprint density at radius 2 is 1.79 bits per heavy atom. The molecule has 5 rings (SSSR count). The molecule has 2 aromatic heterocycles. The lowest BCUT2D eigenvalue weighted by atomic mass is 9.95. The van der Waals surface area contributed by atoms with Gasteiger partial charge in [-0.3, -0.25) is 14.7 Å². The smallest absolute Gasteiger partial charge is 0.259 e. The topological polar surface area (TPSA) is 71.0 Å². The number of anilines is 1. The maximum atomic E-state index is 12.6. The van der Waals surface area contributed by atoms with Crippen molar-refractivity contribution in [1.82, 2.24) is 19.9 Å². The molecule has 166 valence electrons. The van der Waals surface area contributed by atoms with E-state index in [9.17, 15) is 4.79 Å². The fourth-order valence-electron chi connectivity index (χ4n) is 4.51. The van der Waals surface area contributed by atoms with Crippen molar-refractivity contribution in [3.63, 3.8) is 0 Å². The molecule has 2 aromatic carbocycles. The standard InChI is InChI=1S/C27H27N5O/c1-19-24(27(33)31-23-10-3-2-4-11-23)17-29-26(30-19)21-12-15-32(16-13-21)18-22-8-5-7-20-9-6-14-28-25(20)22/h2-11,14,17,21H,12-13,15-16,18H2,1H3,(H,31,33). The first-order valence-electron chi connectivity index (χ1n) is 11.4. The normalized spacial score (nSPS) is 14.9. The number of hydrogen-bond acceptors (Lipinski definition) is 5. The number of piperidine rings is 1. The highest BCUT2D eigenvalue weighted by Crippen LogP contribution is 2.28. The van der Waals surface area contributed by atoms with Crippen molar-refractivity contribution in [1.29, 1.82) is 0 Å². The molecule has 4 aromatic rings. The maximum absolute atomic E-state index is 12.6. The van der Waals surface area contributed by atoms with Gasteiger partial charge < -0.3 is 5.32 Å². The summed E-state index contributed by atoms with van der Waals surface area (Å²) in [6.45, 7) is 4.77. The number of pyridine rings is 1. The second-order valence-electron chi connectivity index (χ2n) is 8.59. The van der Waals surface area contributed by atoms with E-state index in [1.807, 2.05) is 49.5 Å². The summed E-state index contributed by atoms with van der Waals surface area (Å²) >= 11 is 0. The summed E-state index contributed by atoms with van der Waals surface area (Å²) in [4.78, 5) is 29.0. The molecule has 1 aliphatic rings. The van der Waals surface area contributed by atoms with E-state index in [1.54, 1.807) is 6.20 Å². The number of rotatable bonds is 5. The van der Waals surface area contributed by atoms with Gasteiger partial charge in [-0.1, -0.05) is 42.5 Å². The second kappa shape index (κ2) is 9.46. The summed E-state index contributed by atoms with van der Waals surface area (Å²) < 4.78 is 0. The number of hydrogen-bond donors (Lipinski definition) is 1. The number of nitrogens with zero attached hydrogens (tertiary/aromatic N) is 4. The fourth-order valence-corrected chi connectivity index (χ4v) is 4.51. The largest absolute Gasteiger partial charge is 0.322 e. The first-order valence-corrected chi connectivity index (χ1v) is 11.4. The molecule has 1 aliphatic heterocycles. The molecular formula is C27H27N5O. The van der Waals surface area contributed by atoms with E-state index < -0.39 is 0 Å². The Morgan fingerprint density at radius 1 is 1.00 bits per heavy atom. The Kier molecular flexibility index (Phi) is 6.09. The minimum absolute atomic E-state index is 0.177. The van der Waals surface area contributed by atoms with Crippen LogP contribution in [0.4, 0.5) is 5.69 Å². The summed E-state index contributed by atoms with van der Waals surface area (Å²) in [6.07, 6.45) is 5.55. The predicted octanol–water partition coefficient (Wildman–Crippen LogP) is 4.97. The predicted molar refractivity (Wildman–Crippen MR) is 130 cm³/mol. The van der Waals surface area contributed by atoms with Gasteiger partial charge in [-0.05, 0) is 56.6 Å². The lowest BCUT2D eigenvalue weighted by Gasteiger charge is -2.31. The molecule has 33 heavy (non-hydrogen) atoms. The number of likely N-dealkylation sites (tertiary alicyclic amines) is 1. The highest BCUT2D eigenvalue weighted by molar-refractivity contribution is 6.04. The summed E-state index contributed by atoms with van der Waals surface area (Å²) in [7, 11) is 0. The quantitative estimate of drug-likeness (QED) is 0.478. The van der Waals surface area contributed by atoms with Crippen LogP contribution in [0, 0.1) is 6.92 Å². The fraction of sp³-hybridized carbons (Fsp3) is 0.259. The molecule has 0 saturated carbocycles. The Balaban J connectivity index is 1.22. The van der Waals surface area contributed by atoms with Gasteiger partial charge in [-0.25, -0.2) is 9.97 Å². The minimum atomic E-state index is -0.177. The molecule has 1 N–H and O–H groups in total. The summed E-state index contributed by atoms with van der Waals surface area (Å²) in [6, 6.07) is 19.9. The molecule has 1 fully saturated rings. The van der Waals surface area contributed by atoms with Crippen molar-refractivity contribution in [3.8, 4) is 0 Å². The molecule has 0 radical (unpaired) electrons. The third-order valence-corrected chi connectivity index (χ3v) is 6.34. The highest BCUT2D eigenvalue weighted by atomic mass is 16.1. The molecule has 0 bridgehead atoms. The van der Waals surface area contributed by atoms with Gasteiger partial charge >= 0.3 is 0 Å². The van der Waals surface area contributed by atoms with Gasteiger partial charge in [0.15, 0.2) is 0 Å². The molecule has 6 heteroatoms. The van der Waals surface area contributed by atoms with Crippen LogP contribution in [0.15, 0.2) is 73.1 Å². The Labute approximate surface area is 193 Å². The number of para-hydroxylation sites is 2. The van der Waals surface area contributed by atoms with Crippen molar-refractivity contribution in [2.24, 2.45) is 0 Å². The monoisotopic (exact) mass is 437 g/mol. The van der Waals surface area contributed by atoms with Crippen molar-refractivity contribution in [3.05, 3.63) is 95.7 Å². The van der Waals surface area contributed by atoms with Crippen molar-refractivity contribution >= 4 is 22.5 Å². The lowest BCUT2D eigenvalue weighted by Crippen LogP contribution is -2.33. The van der Waals surface area contributed by atoms with E-state index in [4.69, 9.17) is 4.98 Å². The number of benzene rings is 2. The molecule has 1 saturated heterocycles. The van der Waals surface area contributed by atoms with E-state index in [2.05, 4.69) is 44.5 Å². The maximum Gasteiger partial charge on any atom is 0.259 e. The summed E-state index contributed by atoms with van der Waals surface area (Å²) in [5.74, 6) is 0.982. The highest BCUT2D eigenvalue weighted by Gasteiger charge is 2.24. The molecule has 6 nitrogen and oxygen atoms in total. The number of aryl methyl sites for hydroxylation is 1. The minimum Gasteiger partial charge on any atom is -0.322 e. The van der Waals surface area contributed by atoms with Gasteiger partial charge in [0.25, 0.3) is 5.91 Å². The molecule has 3 heterocycles. The average Bonchev–Trinajstić information content (AvgIpc) is 2.85. The van der Waals surface area contributed by atoms with Gasteiger partial charge in [-0.15, -0.1) is 0 Å². The number of carbonyl (C=O) groups is 1. The number of carbonyl (C=O) groups excluding carboxylic acids is 1. The Morgan fingerprint density at radius 3 is 2.58 bits per heavy atom. The van der Waals surface area contributed by atoms with Crippen LogP contribution in [0.1, 0.15) is 46.2 Å². The lowest BCUT2D eigenvalue weighted by molar-refractivity contribution is 0.102. The van der Waals surface area contributed by atoms with Crippen LogP contribution in [0.3, 0.4) is 0 Å². The molecular weight excluding hydrogens is 410 g/mol. The molecule has 0 atom stereocenters. The molecule has 1 amide bonds. The van der Waals surface area contributed by atoms with Gasteiger partial charge in [0.05, 0.1) is 16.8 Å². The van der Waals surface area contributed by atoms with Crippen molar-refractivity contribution in [2.75, 3.05) is 18.4 Å². The van der Waals surface area contributed by atoms with E-state index in [1.165, 1.54) is 10.9 Å². The number of nitrogens with one attached hydrogen (secondary N) is 1. The average molecular weight is 438 g/mol. The summed E-state index contributed by atoms with van der Waals surface area (Å²) in [5.41, 5.74) is 4.36. The van der Waals surface area contributed by atoms with Crippen LogP contribution in [-0.2, 0) is 6.54 Å². The molecule has 0 unspecified atom stereocenters. The first-order chi connectivity index (χ1) is 16.2. The first kappa shape index (κ1) is 21.2. The van der Waals surface area contributed by atoms with Gasteiger partial charge in [0.1, 0.15) is 5.82 Å². The number of aromatic nitrogens is 3. The third-order valence-electron chi connectivity index (χ3n) is 6.34. The van der Waals surface area contributed by atoms with Gasteiger partial charge in [0, 0.05) is 35.9 Å². The zero-order valence-electron chi connectivity index (χ0n) is 18.7. The van der Waals surface area contributed by atoms with Crippen LogP contribution in [0.2, 0.25) is 0 Å². The Bertz CT molecular complexity index is 1260. The Hall–Kier alpha value is -3.64. The zero-order valence-corrected chi connectivity index (χ0v) is 18.7. The molecule has 0 aliphatic carbocycles. The third kappa shape index (κ3) is 4.76. The van der Waals surface area contributed by atoms with Crippen LogP contribution < -0.4 is 5.32 Å². The van der Waals surface area contributed by atoms with Crippen molar-refractivity contribution in [2.45, 2.75) is 32.2 Å². The SMILES string of the molecule is Cc1nc(C2CCN(Cc3cccc4cccnc34)CC2)ncc1C(=O)Nc1ccccc1. The van der Waals surface area contributed by atoms with Gasteiger partial charge in [0.2, 0.25) is 0 Å². The van der Waals surface area contributed by atoms with Crippen molar-refractivity contribution < 1.29 is 4.79 Å². The zero-order chi connectivity index (χ0) is 22.6. The van der Waals surface area contributed by atoms with Crippen LogP contribution >= 0.6 is 0 Å². The second-order valence-corrected chi connectivity index (χ2v) is 8.59. The van der Waals surface area contributed by atoms with Crippen LogP contribution in [0.5, 0.6) is 0 Å². The molecule has 0 spiro atoms. The number of fused-ring (bicyclic) bond motifs is 1. The number of amides is 1. The van der Waals surface area contributed by atoms with E-state index in [0.717, 1.165) is 55.2 Å². The van der Waals surface area contributed by atoms with E-state index in [0.29, 0.717) is 11.5 Å². The van der Waals surface area contributed by atoms with Gasteiger partial charge in [-0.2, -0.15) is 0 Å². The van der Waals surface area contributed by atoms with Crippen LogP contribution in [-0.4, -0.2) is 38.8 Å². The summed E-state index contributed by atoms with van der Waals surface area (Å²) in [5, 5.41) is 4.09. The van der Waals surface area contributed by atoms with E-state index in [-0.39, 0.29) is 5.91 Å².